The van der Waals surface area contributed by atoms with Crippen LogP contribution in [-0.4, -0.2) is 23.0 Å². The molecule has 1 aromatic carbocycles. The lowest BCUT2D eigenvalue weighted by molar-refractivity contribution is 0.425. The molecule has 1 heterocycles. The molecule has 0 aliphatic heterocycles. The molecule has 3 nitrogen and oxygen atoms in total. The van der Waals surface area contributed by atoms with Gasteiger partial charge in [-0.05, 0) is 24.6 Å². The van der Waals surface area contributed by atoms with Crippen molar-refractivity contribution in [1.29, 1.82) is 0 Å². The molecule has 2 rings (SSSR count). The first-order chi connectivity index (χ1) is 8.88. The first-order valence-corrected chi connectivity index (χ1v) is 6.21. The van der Waals surface area contributed by atoms with Gasteiger partial charge < -0.3 is 5.32 Å². The molecule has 0 aliphatic rings. The van der Waals surface area contributed by atoms with E-state index in [-0.39, 0.29) is 6.67 Å². The molecule has 18 heavy (non-hydrogen) atoms. The third-order valence-electron chi connectivity index (χ3n) is 2.75. The lowest BCUT2D eigenvalue weighted by atomic mass is 10.1. The van der Waals surface area contributed by atoms with E-state index in [1.54, 1.807) is 4.68 Å². The van der Waals surface area contributed by atoms with Gasteiger partial charge in [0, 0.05) is 12.7 Å². The van der Waals surface area contributed by atoms with Crippen LogP contribution >= 0.6 is 0 Å². The van der Waals surface area contributed by atoms with Gasteiger partial charge in [0.25, 0.3) is 0 Å². The molecule has 0 unspecified atom stereocenters. The van der Waals surface area contributed by atoms with Crippen LogP contribution in [0.3, 0.4) is 0 Å². The topological polar surface area (TPSA) is 29.9 Å². The summed E-state index contributed by atoms with van der Waals surface area (Å²) in [6.45, 7) is 1.61. The fourth-order valence-electron chi connectivity index (χ4n) is 1.80. The predicted octanol–water partition coefficient (Wildman–Crippen LogP) is 2.18. The molecular weight excluding hydrogens is 229 g/mol. The highest BCUT2D eigenvalue weighted by Crippen LogP contribution is 1.99. The van der Waals surface area contributed by atoms with Crippen molar-refractivity contribution in [1.82, 2.24) is 15.1 Å². The Kier molecular flexibility index (Phi) is 4.90. The normalized spacial score (nSPS) is 10.7. The molecular formula is C14H18FN3. The van der Waals surface area contributed by atoms with Gasteiger partial charge in [-0.1, -0.05) is 30.3 Å². The van der Waals surface area contributed by atoms with Crippen molar-refractivity contribution in [2.45, 2.75) is 19.5 Å². The molecule has 0 saturated carbocycles. The van der Waals surface area contributed by atoms with Crippen molar-refractivity contribution in [2.24, 2.45) is 0 Å². The monoisotopic (exact) mass is 247 g/mol. The van der Waals surface area contributed by atoms with Crippen LogP contribution in [0.2, 0.25) is 0 Å². The summed E-state index contributed by atoms with van der Waals surface area (Å²) in [4.78, 5) is 0. The predicted molar refractivity (Wildman–Crippen MR) is 70.1 cm³/mol. The summed E-state index contributed by atoms with van der Waals surface area (Å²) >= 11 is 0. The maximum absolute atomic E-state index is 12.1. The number of alkyl halides is 1. The van der Waals surface area contributed by atoms with Crippen LogP contribution in [0.25, 0.3) is 0 Å². The average molecular weight is 247 g/mol. The van der Waals surface area contributed by atoms with Crippen LogP contribution in [0.1, 0.15) is 11.3 Å². The van der Waals surface area contributed by atoms with Crippen LogP contribution in [0.15, 0.2) is 42.6 Å². The zero-order valence-electron chi connectivity index (χ0n) is 10.3. The molecule has 1 aromatic heterocycles. The lowest BCUT2D eigenvalue weighted by Crippen LogP contribution is -2.17. The number of hydrogen-bond acceptors (Lipinski definition) is 2. The van der Waals surface area contributed by atoms with Crippen LogP contribution in [0, 0.1) is 0 Å². The molecule has 0 bridgehead atoms. The van der Waals surface area contributed by atoms with Gasteiger partial charge in [0.15, 0.2) is 0 Å². The third-order valence-corrected chi connectivity index (χ3v) is 2.75. The van der Waals surface area contributed by atoms with Gasteiger partial charge in [0.1, 0.15) is 6.67 Å². The Labute approximate surface area is 107 Å². The van der Waals surface area contributed by atoms with Gasteiger partial charge >= 0.3 is 0 Å². The smallest absolute Gasteiger partial charge is 0.109 e. The summed E-state index contributed by atoms with van der Waals surface area (Å²) in [6.07, 6.45) is 2.82. The first kappa shape index (κ1) is 12.8. The Hall–Kier alpha value is -1.68. The maximum atomic E-state index is 12.1. The molecule has 0 aliphatic carbocycles. The van der Waals surface area contributed by atoms with Crippen molar-refractivity contribution >= 4 is 0 Å². The summed E-state index contributed by atoms with van der Waals surface area (Å²) in [5.74, 6) is 0. The second kappa shape index (κ2) is 6.91. The lowest BCUT2D eigenvalue weighted by Gasteiger charge is -2.03. The summed E-state index contributed by atoms with van der Waals surface area (Å²) in [5.41, 5.74) is 2.28. The molecule has 2 aromatic rings. The number of hydrogen-bond donors (Lipinski definition) is 1. The van der Waals surface area contributed by atoms with E-state index < -0.39 is 0 Å². The van der Waals surface area contributed by atoms with E-state index in [0.29, 0.717) is 6.54 Å². The zero-order valence-corrected chi connectivity index (χ0v) is 10.3. The fraction of sp³-hybridized carbons (Fsp3) is 0.357. The summed E-state index contributed by atoms with van der Waals surface area (Å²) < 4.78 is 13.7. The number of aryl methyl sites for hydroxylation is 1. The fourth-order valence-corrected chi connectivity index (χ4v) is 1.80. The Morgan fingerprint density at radius 3 is 2.78 bits per heavy atom. The highest BCUT2D eigenvalue weighted by molar-refractivity contribution is 5.14. The maximum Gasteiger partial charge on any atom is 0.109 e. The van der Waals surface area contributed by atoms with Crippen molar-refractivity contribution in [3.8, 4) is 0 Å². The SMILES string of the molecule is FCCn1ccc(CNCCc2ccccc2)n1. The highest BCUT2D eigenvalue weighted by Gasteiger charge is 1.98. The molecule has 0 saturated heterocycles. The summed E-state index contributed by atoms with van der Waals surface area (Å²) in [7, 11) is 0. The summed E-state index contributed by atoms with van der Waals surface area (Å²) in [6, 6.07) is 12.3. The number of nitrogens with zero attached hydrogens (tertiary/aromatic N) is 2. The van der Waals surface area contributed by atoms with Crippen molar-refractivity contribution in [3.05, 3.63) is 53.9 Å². The van der Waals surface area contributed by atoms with Crippen LogP contribution in [0.4, 0.5) is 4.39 Å². The number of rotatable bonds is 7. The molecule has 0 fully saturated rings. The Balaban J connectivity index is 1.68. The number of aromatic nitrogens is 2. The average Bonchev–Trinajstić information content (AvgIpc) is 2.84. The van der Waals surface area contributed by atoms with Gasteiger partial charge in [-0.3, -0.25) is 4.68 Å². The quantitative estimate of drug-likeness (QED) is 0.760. The molecule has 1 N–H and O–H groups in total. The Bertz CT molecular complexity index is 453. The van der Waals surface area contributed by atoms with Crippen molar-refractivity contribution in [2.75, 3.05) is 13.2 Å². The minimum atomic E-state index is -0.372. The van der Waals surface area contributed by atoms with Gasteiger partial charge in [-0.2, -0.15) is 5.10 Å². The van der Waals surface area contributed by atoms with E-state index in [0.717, 1.165) is 25.2 Å². The molecule has 96 valence electrons. The number of benzene rings is 1. The summed E-state index contributed by atoms with van der Waals surface area (Å²) in [5, 5.41) is 7.59. The zero-order chi connectivity index (χ0) is 12.6. The van der Waals surface area contributed by atoms with Gasteiger partial charge in [0.2, 0.25) is 0 Å². The van der Waals surface area contributed by atoms with Crippen molar-refractivity contribution < 1.29 is 4.39 Å². The van der Waals surface area contributed by atoms with E-state index in [1.807, 2.05) is 30.5 Å². The van der Waals surface area contributed by atoms with Crippen LogP contribution < -0.4 is 5.32 Å². The van der Waals surface area contributed by atoms with E-state index in [2.05, 4.69) is 22.5 Å². The van der Waals surface area contributed by atoms with Crippen molar-refractivity contribution in [3.63, 3.8) is 0 Å². The third kappa shape index (κ3) is 3.96. The molecule has 0 spiro atoms. The van der Waals surface area contributed by atoms with Crippen LogP contribution in [0.5, 0.6) is 0 Å². The van der Waals surface area contributed by atoms with Gasteiger partial charge in [0.05, 0.1) is 12.2 Å². The molecule has 0 radical (unpaired) electrons. The van der Waals surface area contributed by atoms with E-state index in [1.165, 1.54) is 5.56 Å². The van der Waals surface area contributed by atoms with E-state index in [4.69, 9.17) is 0 Å². The van der Waals surface area contributed by atoms with E-state index >= 15 is 0 Å². The minimum Gasteiger partial charge on any atom is -0.311 e. The Morgan fingerprint density at radius 2 is 2.00 bits per heavy atom. The molecule has 4 heteroatoms. The molecule has 0 amide bonds. The second-order valence-corrected chi connectivity index (χ2v) is 4.17. The van der Waals surface area contributed by atoms with Gasteiger partial charge in [-0.15, -0.1) is 0 Å². The standard InChI is InChI=1S/C14H18FN3/c15-8-11-18-10-7-14(17-18)12-16-9-6-13-4-2-1-3-5-13/h1-5,7,10,16H,6,8-9,11-12H2. The van der Waals surface area contributed by atoms with Gasteiger partial charge in [-0.25, -0.2) is 4.39 Å². The van der Waals surface area contributed by atoms with E-state index in [9.17, 15) is 4.39 Å². The molecule has 0 atom stereocenters. The van der Waals surface area contributed by atoms with Crippen LogP contribution in [-0.2, 0) is 19.5 Å². The Morgan fingerprint density at radius 1 is 1.17 bits per heavy atom. The largest absolute Gasteiger partial charge is 0.311 e. The number of halogens is 1. The number of nitrogens with one attached hydrogen (secondary N) is 1. The minimum absolute atomic E-state index is 0.337. The first-order valence-electron chi connectivity index (χ1n) is 6.21. The second-order valence-electron chi connectivity index (χ2n) is 4.17. The highest BCUT2D eigenvalue weighted by atomic mass is 19.1.